The Labute approximate surface area is 154 Å². The van der Waals surface area contributed by atoms with Crippen LogP contribution in [0.3, 0.4) is 0 Å². The average molecular weight is 353 g/mol. The molecule has 26 heavy (non-hydrogen) atoms. The van der Waals surface area contributed by atoms with Crippen LogP contribution >= 0.6 is 0 Å². The molecule has 0 saturated heterocycles. The van der Waals surface area contributed by atoms with Gasteiger partial charge in [0.2, 0.25) is 5.95 Å². The fourth-order valence-electron chi connectivity index (χ4n) is 3.30. The Morgan fingerprint density at radius 2 is 2.12 bits per heavy atom. The van der Waals surface area contributed by atoms with E-state index in [1.54, 1.807) is 6.07 Å². The number of hydrogen-bond acceptors (Lipinski definition) is 5. The van der Waals surface area contributed by atoms with Gasteiger partial charge in [0.25, 0.3) is 5.91 Å². The molecule has 6 heteroatoms. The highest BCUT2D eigenvalue weighted by molar-refractivity contribution is 5.92. The molecule has 0 aliphatic carbocycles. The SMILES string of the molecule is CC(C)c1cc(C(=O)NCCCN2CCCc3ccccc32)nc(N)n1. The Kier molecular flexibility index (Phi) is 5.71. The van der Waals surface area contributed by atoms with Crippen LogP contribution in [-0.4, -0.2) is 35.5 Å². The molecule has 2 aromatic rings. The van der Waals surface area contributed by atoms with Gasteiger partial charge in [-0.15, -0.1) is 0 Å². The van der Waals surface area contributed by atoms with Crippen LogP contribution in [0, 0.1) is 0 Å². The van der Waals surface area contributed by atoms with Crippen molar-refractivity contribution in [1.82, 2.24) is 15.3 Å². The number of anilines is 2. The van der Waals surface area contributed by atoms with E-state index in [9.17, 15) is 4.79 Å². The van der Waals surface area contributed by atoms with Crippen molar-refractivity contribution in [3.63, 3.8) is 0 Å². The predicted octanol–water partition coefficient (Wildman–Crippen LogP) is 2.75. The number of carbonyl (C=O) groups excluding carboxylic acids is 1. The van der Waals surface area contributed by atoms with Crippen molar-refractivity contribution < 1.29 is 4.79 Å². The zero-order valence-electron chi connectivity index (χ0n) is 15.5. The number of amides is 1. The highest BCUT2D eigenvalue weighted by Crippen LogP contribution is 2.26. The summed E-state index contributed by atoms with van der Waals surface area (Å²) in [7, 11) is 0. The van der Waals surface area contributed by atoms with Crippen molar-refractivity contribution in [2.24, 2.45) is 0 Å². The molecule has 0 bridgehead atoms. The maximum Gasteiger partial charge on any atom is 0.270 e. The van der Waals surface area contributed by atoms with E-state index in [4.69, 9.17) is 5.73 Å². The van der Waals surface area contributed by atoms with E-state index in [1.165, 1.54) is 17.7 Å². The van der Waals surface area contributed by atoms with Crippen LogP contribution in [0.15, 0.2) is 30.3 Å². The molecule has 3 N–H and O–H groups in total. The lowest BCUT2D eigenvalue weighted by Gasteiger charge is -2.31. The first-order valence-corrected chi connectivity index (χ1v) is 9.30. The monoisotopic (exact) mass is 353 g/mol. The summed E-state index contributed by atoms with van der Waals surface area (Å²) in [6.45, 7) is 6.64. The molecular weight excluding hydrogens is 326 g/mol. The molecule has 0 unspecified atom stereocenters. The molecule has 2 heterocycles. The fourth-order valence-corrected chi connectivity index (χ4v) is 3.30. The highest BCUT2D eigenvalue weighted by atomic mass is 16.1. The summed E-state index contributed by atoms with van der Waals surface area (Å²) in [6.07, 6.45) is 3.22. The second kappa shape index (κ2) is 8.17. The Hall–Kier alpha value is -2.63. The van der Waals surface area contributed by atoms with Crippen LogP contribution in [0.1, 0.15) is 54.4 Å². The number of benzene rings is 1. The normalized spacial score (nSPS) is 13.6. The van der Waals surface area contributed by atoms with Crippen molar-refractivity contribution in [3.05, 3.63) is 47.3 Å². The Bertz CT molecular complexity index is 775. The van der Waals surface area contributed by atoms with E-state index in [0.717, 1.165) is 31.6 Å². The molecule has 1 amide bonds. The number of rotatable bonds is 6. The van der Waals surface area contributed by atoms with Gasteiger partial charge in [0.05, 0.1) is 0 Å². The third kappa shape index (κ3) is 4.31. The van der Waals surface area contributed by atoms with Crippen molar-refractivity contribution in [1.29, 1.82) is 0 Å². The lowest BCUT2D eigenvalue weighted by Crippen LogP contribution is -2.33. The van der Waals surface area contributed by atoms with E-state index >= 15 is 0 Å². The zero-order chi connectivity index (χ0) is 18.5. The molecule has 3 rings (SSSR count). The minimum absolute atomic E-state index is 0.145. The lowest BCUT2D eigenvalue weighted by molar-refractivity contribution is 0.0948. The van der Waals surface area contributed by atoms with Gasteiger partial charge in [0.15, 0.2) is 0 Å². The summed E-state index contributed by atoms with van der Waals surface area (Å²) in [6, 6.07) is 10.3. The summed E-state index contributed by atoms with van der Waals surface area (Å²) in [4.78, 5) is 23.0. The van der Waals surface area contributed by atoms with E-state index in [-0.39, 0.29) is 17.8 Å². The lowest BCUT2D eigenvalue weighted by atomic mass is 10.0. The minimum Gasteiger partial charge on any atom is -0.371 e. The quantitative estimate of drug-likeness (QED) is 0.780. The number of nitrogens with one attached hydrogen (secondary N) is 1. The summed E-state index contributed by atoms with van der Waals surface area (Å²) < 4.78 is 0. The average Bonchev–Trinajstić information content (AvgIpc) is 2.64. The first-order chi connectivity index (χ1) is 12.5. The van der Waals surface area contributed by atoms with Crippen molar-refractivity contribution in [3.8, 4) is 0 Å². The van der Waals surface area contributed by atoms with Crippen LogP contribution < -0.4 is 16.0 Å². The van der Waals surface area contributed by atoms with E-state index in [1.807, 2.05) is 13.8 Å². The van der Waals surface area contributed by atoms with Gasteiger partial charge in [0.1, 0.15) is 5.69 Å². The Morgan fingerprint density at radius 3 is 2.92 bits per heavy atom. The standard InChI is InChI=1S/C20H27N5O/c1-14(2)16-13-17(24-20(21)23-16)19(26)22-10-6-12-25-11-5-8-15-7-3-4-9-18(15)25/h3-4,7,9,13-14H,5-6,8,10-12H2,1-2H3,(H,22,26)(H2,21,23,24). The number of para-hydroxylation sites is 1. The van der Waals surface area contributed by atoms with E-state index in [0.29, 0.717) is 12.2 Å². The number of fused-ring (bicyclic) bond motifs is 1. The molecule has 1 aliphatic heterocycles. The van der Waals surface area contributed by atoms with Crippen LogP contribution in [0.4, 0.5) is 11.6 Å². The minimum atomic E-state index is -0.194. The van der Waals surface area contributed by atoms with Crippen molar-refractivity contribution in [2.75, 3.05) is 30.3 Å². The van der Waals surface area contributed by atoms with E-state index in [2.05, 4.69) is 44.5 Å². The number of carbonyl (C=O) groups is 1. The maximum atomic E-state index is 12.4. The smallest absolute Gasteiger partial charge is 0.270 e. The van der Waals surface area contributed by atoms with Gasteiger partial charge < -0.3 is 16.0 Å². The molecule has 0 spiro atoms. The summed E-state index contributed by atoms with van der Waals surface area (Å²) in [5, 5.41) is 2.94. The topological polar surface area (TPSA) is 84.1 Å². The van der Waals surface area contributed by atoms with Crippen LogP contribution in [0.2, 0.25) is 0 Å². The summed E-state index contributed by atoms with van der Waals surface area (Å²) >= 11 is 0. The van der Waals surface area contributed by atoms with Gasteiger partial charge in [-0.1, -0.05) is 32.0 Å². The summed E-state index contributed by atoms with van der Waals surface area (Å²) in [5.41, 5.74) is 9.59. The van der Waals surface area contributed by atoms with Gasteiger partial charge in [-0.2, -0.15) is 0 Å². The van der Waals surface area contributed by atoms with Gasteiger partial charge >= 0.3 is 0 Å². The predicted molar refractivity (Wildman–Crippen MR) is 104 cm³/mol. The van der Waals surface area contributed by atoms with Gasteiger partial charge in [0, 0.05) is 31.0 Å². The number of hydrogen-bond donors (Lipinski definition) is 2. The molecule has 1 aromatic carbocycles. The van der Waals surface area contributed by atoms with Crippen LogP contribution in [0.5, 0.6) is 0 Å². The third-order valence-electron chi connectivity index (χ3n) is 4.68. The second-order valence-electron chi connectivity index (χ2n) is 7.02. The Balaban J connectivity index is 1.52. The first-order valence-electron chi connectivity index (χ1n) is 9.30. The molecule has 0 atom stereocenters. The molecule has 6 nitrogen and oxygen atoms in total. The number of aryl methyl sites for hydroxylation is 1. The molecular formula is C20H27N5O. The largest absolute Gasteiger partial charge is 0.371 e. The molecule has 0 radical (unpaired) electrons. The maximum absolute atomic E-state index is 12.4. The van der Waals surface area contributed by atoms with Gasteiger partial charge in [-0.05, 0) is 42.9 Å². The van der Waals surface area contributed by atoms with Crippen molar-refractivity contribution in [2.45, 2.75) is 39.0 Å². The number of nitrogens with two attached hydrogens (primary N) is 1. The number of nitrogens with zero attached hydrogens (tertiary/aromatic N) is 3. The fraction of sp³-hybridized carbons (Fsp3) is 0.450. The van der Waals surface area contributed by atoms with Crippen molar-refractivity contribution >= 4 is 17.5 Å². The molecule has 0 saturated carbocycles. The van der Waals surface area contributed by atoms with Gasteiger partial charge in [-0.3, -0.25) is 4.79 Å². The highest BCUT2D eigenvalue weighted by Gasteiger charge is 2.16. The second-order valence-corrected chi connectivity index (χ2v) is 7.02. The van der Waals surface area contributed by atoms with Crippen LogP contribution in [-0.2, 0) is 6.42 Å². The Morgan fingerprint density at radius 1 is 1.31 bits per heavy atom. The molecule has 1 aliphatic rings. The van der Waals surface area contributed by atoms with E-state index < -0.39 is 0 Å². The summed E-state index contributed by atoms with van der Waals surface area (Å²) in [5.74, 6) is 0.150. The first kappa shape index (κ1) is 18.2. The zero-order valence-corrected chi connectivity index (χ0v) is 15.5. The third-order valence-corrected chi connectivity index (χ3v) is 4.68. The molecule has 0 fully saturated rings. The van der Waals surface area contributed by atoms with Crippen LogP contribution in [0.25, 0.3) is 0 Å². The molecule has 138 valence electrons. The number of nitrogen functional groups attached to an aromatic ring is 1. The number of aromatic nitrogens is 2. The molecule has 1 aromatic heterocycles. The van der Waals surface area contributed by atoms with Gasteiger partial charge in [-0.25, -0.2) is 9.97 Å².